The molecule has 1 aliphatic heterocycles. The van der Waals surface area contributed by atoms with Crippen LogP contribution in [-0.4, -0.2) is 46.9 Å². The van der Waals surface area contributed by atoms with Crippen molar-refractivity contribution >= 4 is 21.6 Å². The summed E-state index contributed by atoms with van der Waals surface area (Å²) in [4.78, 5) is 15.5. The molecule has 1 aromatic carbocycles. The van der Waals surface area contributed by atoms with E-state index >= 15 is 0 Å². The second-order valence-corrected chi connectivity index (χ2v) is 6.20. The molecule has 21 heavy (non-hydrogen) atoms. The van der Waals surface area contributed by atoms with Crippen LogP contribution >= 0.6 is 15.9 Å². The zero-order chi connectivity index (χ0) is 15.4. The lowest BCUT2D eigenvalue weighted by Gasteiger charge is -2.26. The Morgan fingerprint density at radius 1 is 1.43 bits per heavy atom. The number of likely N-dealkylation sites (tertiary alicyclic amines) is 1. The molecule has 0 N–H and O–H groups in total. The smallest absolute Gasteiger partial charge is 0.283 e. The van der Waals surface area contributed by atoms with Gasteiger partial charge in [-0.15, -0.1) is 0 Å². The van der Waals surface area contributed by atoms with Crippen LogP contribution in [0, 0.1) is 10.1 Å². The number of rotatable bonds is 6. The summed E-state index contributed by atoms with van der Waals surface area (Å²) in [6, 6.07) is 5.87. The van der Waals surface area contributed by atoms with E-state index in [1.807, 2.05) is 6.07 Å². The molecule has 1 aliphatic rings. The number of hydrogen-bond acceptors (Lipinski definition) is 4. The number of halogens is 1. The van der Waals surface area contributed by atoms with Crippen molar-refractivity contribution in [3.8, 4) is 0 Å². The highest BCUT2D eigenvalue weighted by Gasteiger charge is 2.27. The van der Waals surface area contributed by atoms with Gasteiger partial charge < -0.3 is 0 Å². The summed E-state index contributed by atoms with van der Waals surface area (Å²) < 4.78 is 0.612. The lowest BCUT2D eigenvalue weighted by atomic mass is 10.2. The number of likely N-dealkylation sites (N-methyl/N-ethyl adjacent to an activating group) is 1. The van der Waals surface area contributed by atoms with E-state index in [4.69, 9.17) is 0 Å². The molecule has 1 fully saturated rings. The molecule has 1 atom stereocenters. The van der Waals surface area contributed by atoms with E-state index in [-0.39, 0.29) is 10.6 Å². The molecule has 0 radical (unpaired) electrons. The second kappa shape index (κ2) is 7.33. The number of nitro benzene ring substituents is 1. The monoisotopic (exact) mass is 355 g/mol. The predicted octanol–water partition coefficient (Wildman–Crippen LogP) is 3.27. The minimum atomic E-state index is -0.337. The Kier molecular flexibility index (Phi) is 5.72. The Hall–Kier alpha value is -0.980. The molecule has 1 saturated heterocycles. The first kappa shape index (κ1) is 16.4. The van der Waals surface area contributed by atoms with Gasteiger partial charge in [-0.1, -0.05) is 26.0 Å². The summed E-state index contributed by atoms with van der Waals surface area (Å²) in [5.74, 6) is 0. The van der Waals surface area contributed by atoms with Crippen LogP contribution in [-0.2, 0) is 6.54 Å². The Morgan fingerprint density at radius 3 is 2.76 bits per heavy atom. The maximum atomic E-state index is 11.0. The largest absolute Gasteiger partial charge is 0.300 e. The molecule has 0 saturated carbocycles. The molecule has 6 heteroatoms. The third-order valence-electron chi connectivity index (χ3n) is 4.23. The van der Waals surface area contributed by atoms with Crippen molar-refractivity contribution in [3.05, 3.63) is 38.3 Å². The molecule has 116 valence electrons. The summed E-state index contributed by atoms with van der Waals surface area (Å²) in [6.45, 7) is 9.41. The highest BCUT2D eigenvalue weighted by Crippen LogP contribution is 2.30. The van der Waals surface area contributed by atoms with Crippen LogP contribution in [0.2, 0.25) is 0 Å². The van der Waals surface area contributed by atoms with Gasteiger partial charge in [-0.3, -0.25) is 19.9 Å². The first-order valence-electron chi connectivity index (χ1n) is 7.45. The second-order valence-electron chi connectivity index (χ2n) is 5.41. The average molecular weight is 356 g/mol. The van der Waals surface area contributed by atoms with Crippen LogP contribution in [0.4, 0.5) is 5.69 Å². The number of nitrogens with zero attached hydrogens (tertiary/aromatic N) is 3. The fourth-order valence-electron chi connectivity index (χ4n) is 3.06. The van der Waals surface area contributed by atoms with Crippen molar-refractivity contribution < 1.29 is 4.92 Å². The third kappa shape index (κ3) is 3.81. The van der Waals surface area contributed by atoms with Crippen LogP contribution in [0.1, 0.15) is 25.8 Å². The van der Waals surface area contributed by atoms with Gasteiger partial charge in [0.2, 0.25) is 0 Å². The first-order chi connectivity index (χ1) is 10.1. The molecule has 0 aromatic heterocycles. The number of hydrogen-bond donors (Lipinski definition) is 0. The van der Waals surface area contributed by atoms with Crippen LogP contribution < -0.4 is 0 Å². The Labute approximate surface area is 134 Å². The van der Waals surface area contributed by atoms with E-state index in [1.165, 1.54) is 12.5 Å². The van der Waals surface area contributed by atoms with Gasteiger partial charge in [-0.05, 0) is 41.0 Å². The van der Waals surface area contributed by atoms with Gasteiger partial charge in [-0.25, -0.2) is 0 Å². The van der Waals surface area contributed by atoms with Gasteiger partial charge >= 0.3 is 0 Å². The van der Waals surface area contributed by atoms with Crippen molar-refractivity contribution in [2.24, 2.45) is 0 Å². The molecule has 0 amide bonds. The quantitative estimate of drug-likeness (QED) is 0.580. The van der Waals surface area contributed by atoms with E-state index in [9.17, 15) is 10.1 Å². The van der Waals surface area contributed by atoms with Gasteiger partial charge in [0.25, 0.3) is 5.69 Å². The van der Waals surface area contributed by atoms with Gasteiger partial charge in [0.15, 0.2) is 0 Å². The summed E-state index contributed by atoms with van der Waals surface area (Å²) in [5, 5.41) is 11.0. The maximum Gasteiger partial charge on any atom is 0.283 e. The molecular formula is C15H22BrN3O2. The Bertz CT molecular complexity index is 506. The zero-order valence-corrected chi connectivity index (χ0v) is 14.2. The highest BCUT2D eigenvalue weighted by molar-refractivity contribution is 9.10. The SMILES string of the molecule is CCN(CC)C1CCN(Cc2cccc([N+](=O)[O-])c2Br)C1. The van der Waals surface area contributed by atoms with Crippen molar-refractivity contribution in [2.45, 2.75) is 32.9 Å². The zero-order valence-electron chi connectivity index (χ0n) is 12.6. The summed E-state index contributed by atoms with van der Waals surface area (Å²) in [6.07, 6.45) is 1.17. The standard InChI is InChI=1S/C15H22BrN3O2/c1-3-18(4-2)13-8-9-17(11-13)10-12-6-5-7-14(15(12)16)19(20)21/h5-7,13H,3-4,8-11H2,1-2H3. The Morgan fingerprint density at radius 2 is 2.14 bits per heavy atom. The molecule has 5 nitrogen and oxygen atoms in total. The van der Waals surface area contributed by atoms with Gasteiger partial charge in [0.05, 0.1) is 9.40 Å². The van der Waals surface area contributed by atoms with E-state index in [2.05, 4.69) is 39.6 Å². The third-order valence-corrected chi connectivity index (χ3v) is 5.14. The molecule has 1 unspecified atom stereocenters. The number of benzene rings is 1. The first-order valence-corrected chi connectivity index (χ1v) is 8.24. The molecule has 0 bridgehead atoms. The normalized spacial score (nSPS) is 19.3. The van der Waals surface area contributed by atoms with Crippen LogP contribution in [0.5, 0.6) is 0 Å². The lowest BCUT2D eigenvalue weighted by molar-refractivity contribution is -0.385. The number of nitro groups is 1. The van der Waals surface area contributed by atoms with Crippen molar-refractivity contribution in [2.75, 3.05) is 26.2 Å². The van der Waals surface area contributed by atoms with Crippen molar-refractivity contribution in [1.82, 2.24) is 9.80 Å². The van der Waals surface area contributed by atoms with Gasteiger partial charge in [-0.2, -0.15) is 0 Å². The fraction of sp³-hybridized carbons (Fsp3) is 0.600. The maximum absolute atomic E-state index is 11.0. The van der Waals surface area contributed by atoms with Crippen molar-refractivity contribution in [3.63, 3.8) is 0 Å². The Balaban J connectivity index is 2.04. The molecule has 0 spiro atoms. The van der Waals surface area contributed by atoms with E-state index in [0.29, 0.717) is 10.5 Å². The van der Waals surface area contributed by atoms with Gasteiger partial charge in [0.1, 0.15) is 0 Å². The highest BCUT2D eigenvalue weighted by atomic mass is 79.9. The minimum absolute atomic E-state index is 0.145. The topological polar surface area (TPSA) is 49.6 Å². The molecule has 0 aliphatic carbocycles. The van der Waals surface area contributed by atoms with Gasteiger partial charge in [0, 0.05) is 31.7 Å². The summed E-state index contributed by atoms with van der Waals surface area (Å²) >= 11 is 3.38. The fourth-order valence-corrected chi connectivity index (χ4v) is 3.60. The average Bonchev–Trinajstić information content (AvgIpc) is 2.91. The van der Waals surface area contributed by atoms with E-state index in [1.54, 1.807) is 6.07 Å². The summed E-state index contributed by atoms with van der Waals surface area (Å²) in [5.41, 5.74) is 1.14. The molecule has 1 aromatic rings. The molecular weight excluding hydrogens is 334 g/mol. The summed E-state index contributed by atoms with van der Waals surface area (Å²) in [7, 11) is 0. The lowest BCUT2D eigenvalue weighted by Crippen LogP contribution is -2.37. The van der Waals surface area contributed by atoms with Crippen LogP contribution in [0.25, 0.3) is 0 Å². The predicted molar refractivity (Wildman–Crippen MR) is 87.4 cm³/mol. The molecule has 1 heterocycles. The molecule has 2 rings (SSSR count). The van der Waals surface area contributed by atoms with E-state index < -0.39 is 0 Å². The van der Waals surface area contributed by atoms with Crippen molar-refractivity contribution in [1.29, 1.82) is 0 Å². The van der Waals surface area contributed by atoms with Crippen LogP contribution in [0.3, 0.4) is 0 Å². The van der Waals surface area contributed by atoms with Crippen LogP contribution in [0.15, 0.2) is 22.7 Å². The van der Waals surface area contributed by atoms with E-state index in [0.717, 1.165) is 38.3 Å². The minimum Gasteiger partial charge on any atom is -0.300 e.